The summed E-state index contributed by atoms with van der Waals surface area (Å²) in [4.78, 5) is 26.4. The third-order valence-electron chi connectivity index (χ3n) is 2.57. The summed E-state index contributed by atoms with van der Waals surface area (Å²) < 4.78 is 5.03. The summed E-state index contributed by atoms with van der Waals surface area (Å²) in [7, 11) is 0. The summed E-state index contributed by atoms with van der Waals surface area (Å²) >= 11 is 0. The third kappa shape index (κ3) is 3.20. The van der Waals surface area contributed by atoms with Crippen molar-refractivity contribution in [1.82, 2.24) is 0 Å². The molecule has 0 aromatic carbocycles. The number of esters is 1. The fourth-order valence-electron chi connectivity index (χ4n) is 0.869. The van der Waals surface area contributed by atoms with Gasteiger partial charge in [0.1, 0.15) is 0 Å². The molecule has 0 aromatic rings. The molecule has 0 aliphatic heterocycles. The van der Waals surface area contributed by atoms with Crippen molar-refractivity contribution in [1.29, 1.82) is 0 Å². The second-order valence-electron chi connectivity index (χ2n) is 3.69. The zero-order valence-corrected chi connectivity index (χ0v) is 9.57. The molecule has 0 saturated carbocycles. The fraction of sp³-hybridized carbons (Fsp3) is 0.800. The van der Waals surface area contributed by atoms with E-state index in [2.05, 4.69) is 4.89 Å². The summed E-state index contributed by atoms with van der Waals surface area (Å²) in [5, 5.41) is 8.28. The van der Waals surface area contributed by atoms with E-state index in [-0.39, 0.29) is 12.5 Å². The zero-order chi connectivity index (χ0) is 12.1. The topological polar surface area (TPSA) is 72.8 Å². The Labute approximate surface area is 89.3 Å². The lowest BCUT2D eigenvalue weighted by atomic mass is 9.88. The molecule has 0 aliphatic rings. The largest absolute Gasteiger partial charge is 0.462 e. The van der Waals surface area contributed by atoms with Crippen molar-refractivity contribution in [2.45, 2.75) is 46.6 Å². The molecule has 88 valence electrons. The lowest BCUT2D eigenvalue weighted by Crippen LogP contribution is -2.39. The molecule has 0 radical (unpaired) electrons. The van der Waals surface area contributed by atoms with E-state index in [0.29, 0.717) is 6.42 Å². The van der Waals surface area contributed by atoms with Crippen LogP contribution in [0.15, 0.2) is 0 Å². The Morgan fingerprint density at radius 3 is 2.20 bits per heavy atom. The van der Waals surface area contributed by atoms with Gasteiger partial charge >= 0.3 is 11.9 Å². The van der Waals surface area contributed by atoms with Crippen molar-refractivity contribution >= 4 is 11.9 Å². The lowest BCUT2D eigenvalue weighted by Gasteiger charge is -2.23. The first-order chi connectivity index (χ1) is 6.92. The van der Waals surface area contributed by atoms with Gasteiger partial charge in [-0.05, 0) is 26.7 Å². The molecule has 0 aromatic heterocycles. The Kier molecular flexibility index (Phi) is 5.28. The SMILES string of the molecule is CCC(C)OC(=O)C(C)(CC)C(=O)OO. The van der Waals surface area contributed by atoms with Crippen molar-refractivity contribution in [2.24, 2.45) is 5.41 Å². The monoisotopic (exact) mass is 218 g/mol. The zero-order valence-electron chi connectivity index (χ0n) is 9.57. The summed E-state index contributed by atoms with van der Waals surface area (Å²) in [5.74, 6) is -1.66. The van der Waals surface area contributed by atoms with Crippen molar-refractivity contribution < 1.29 is 24.5 Å². The normalized spacial score (nSPS) is 16.3. The maximum atomic E-state index is 11.6. The van der Waals surface area contributed by atoms with Gasteiger partial charge in [0.2, 0.25) is 0 Å². The van der Waals surface area contributed by atoms with Crippen LogP contribution in [-0.2, 0) is 19.2 Å². The third-order valence-corrected chi connectivity index (χ3v) is 2.57. The smallest absolute Gasteiger partial charge is 0.359 e. The van der Waals surface area contributed by atoms with Crippen LogP contribution < -0.4 is 0 Å². The van der Waals surface area contributed by atoms with E-state index in [4.69, 9.17) is 9.99 Å². The van der Waals surface area contributed by atoms with E-state index >= 15 is 0 Å². The second kappa shape index (κ2) is 5.70. The Balaban J connectivity index is 4.66. The van der Waals surface area contributed by atoms with Gasteiger partial charge in [-0.25, -0.2) is 4.79 Å². The van der Waals surface area contributed by atoms with Crippen LogP contribution in [0.3, 0.4) is 0 Å². The van der Waals surface area contributed by atoms with Crippen LogP contribution in [0.1, 0.15) is 40.5 Å². The minimum absolute atomic E-state index is 0.210. The molecule has 0 heterocycles. The van der Waals surface area contributed by atoms with Crippen LogP contribution in [0.4, 0.5) is 0 Å². The van der Waals surface area contributed by atoms with Gasteiger partial charge in [0.25, 0.3) is 0 Å². The fourth-order valence-corrected chi connectivity index (χ4v) is 0.869. The first kappa shape index (κ1) is 13.9. The Morgan fingerprint density at radius 2 is 1.87 bits per heavy atom. The average molecular weight is 218 g/mol. The molecule has 5 nitrogen and oxygen atoms in total. The van der Waals surface area contributed by atoms with E-state index in [0.717, 1.165) is 0 Å². The highest BCUT2D eigenvalue weighted by Gasteiger charge is 2.43. The molecule has 5 heteroatoms. The number of hydrogen-bond donors (Lipinski definition) is 1. The molecule has 0 amide bonds. The van der Waals surface area contributed by atoms with Gasteiger partial charge < -0.3 is 4.74 Å². The van der Waals surface area contributed by atoms with Gasteiger partial charge in [-0.1, -0.05) is 13.8 Å². The molecule has 0 bridgehead atoms. The lowest BCUT2D eigenvalue weighted by molar-refractivity contribution is -0.246. The molecule has 2 atom stereocenters. The highest BCUT2D eigenvalue weighted by molar-refractivity contribution is 5.99. The number of carbonyl (C=O) groups excluding carboxylic acids is 2. The molecule has 0 aliphatic carbocycles. The maximum absolute atomic E-state index is 11.6. The minimum Gasteiger partial charge on any atom is -0.462 e. The van der Waals surface area contributed by atoms with Crippen molar-refractivity contribution in [3.8, 4) is 0 Å². The first-order valence-corrected chi connectivity index (χ1v) is 4.99. The average Bonchev–Trinajstić information content (AvgIpc) is 2.26. The molecule has 15 heavy (non-hydrogen) atoms. The van der Waals surface area contributed by atoms with Gasteiger partial charge in [0.05, 0.1) is 6.10 Å². The Morgan fingerprint density at radius 1 is 1.33 bits per heavy atom. The quantitative estimate of drug-likeness (QED) is 0.329. The number of rotatable bonds is 5. The van der Waals surface area contributed by atoms with E-state index in [1.54, 1.807) is 13.8 Å². The highest BCUT2D eigenvalue weighted by Crippen LogP contribution is 2.25. The Hall–Kier alpha value is -1.10. The minimum atomic E-state index is -1.43. The highest BCUT2D eigenvalue weighted by atomic mass is 17.1. The van der Waals surface area contributed by atoms with Crippen LogP contribution >= 0.6 is 0 Å². The molecular weight excluding hydrogens is 200 g/mol. The number of hydrogen-bond acceptors (Lipinski definition) is 5. The molecule has 0 rings (SSSR count). The standard InChI is InChI=1S/C10H18O5/c1-5-7(3)14-8(11)10(4,6-2)9(12)15-13/h7,13H,5-6H2,1-4H3. The summed E-state index contributed by atoms with van der Waals surface area (Å²) in [6, 6.07) is 0. The summed E-state index contributed by atoms with van der Waals surface area (Å²) in [5.41, 5.74) is -1.43. The maximum Gasteiger partial charge on any atom is 0.359 e. The second-order valence-corrected chi connectivity index (χ2v) is 3.69. The van der Waals surface area contributed by atoms with E-state index in [1.165, 1.54) is 6.92 Å². The van der Waals surface area contributed by atoms with Gasteiger partial charge in [-0.15, -0.1) is 0 Å². The number of carbonyl (C=O) groups is 2. The number of ether oxygens (including phenoxy) is 1. The molecule has 0 saturated heterocycles. The van der Waals surface area contributed by atoms with E-state index in [9.17, 15) is 9.59 Å². The van der Waals surface area contributed by atoms with Gasteiger partial charge in [-0.2, -0.15) is 5.26 Å². The van der Waals surface area contributed by atoms with Gasteiger partial charge in [-0.3, -0.25) is 9.68 Å². The molecule has 2 unspecified atom stereocenters. The molecular formula is C10H18O5. The van der Waals surface area contributed by atoms with Crippen molar-refractivity contribution in [3.05, 3.63) is 0 Å². The predicted molar refractivity (Wildman–Crippen MR) is 53.0 cm³/mol. The molecule has 0 spiro atoms. The van der Waals surface area contributed by atoms with Crippen LogP contribution in [0.5, 0.6) is 0 Å². The van der Waals surface area contributed by atoms with Crippen LogP contribution in [0.25, 0.3) is 0 Å². The van der Waals surface area contributed by atoms with Crippen LogP contribution in [0, 0.1) is 5.41 Å². The van der Waals surface area contributed by atoms with E-state index in [1.807, 2.05) is 6.92 Å². The van der Waals surface area contributed by atoms with Crippen molar-refractivity contribution in [3.63, 3.8) is 0 Å². The van der Waals surface area contributed by atoms with Crippen LogP contribution in [0.2, 0.25) is 0 Å². The first-order valence-electron chi connectivity index (χ1n) is 4.99. The molecule has 1 N–H and O–H groups in total. The van der Waals surface area contributed by atoms with Gasteiger partial charge in [0, 0.05) is 0 Å². The van der Waals surface area contributed by atoms with Gasteiger partial charge in [0.15, 0.2) is 5.41 Å². The predicted octanol–water partition coefficient (Wildman–Crippen LogP) is 1.76. The van der Waals surface area contributed by atoms with Crippen LogP contribution in [-0.4, -0.2) is 23.3 Å². The van der Waals surface area contributed by atoms with Crippen molar-refractivity contribution in [2.75, 3.05) is 0 Å². The summed E-state index contributed by atoms with van der Waals surface area (Å²) in [6.07, 6.45) is 0.622. The molecule has 0 fully saturated rings. The van der Waals surface area contributed by atoms with E-state index < -0.39 is 17.4 Å². The summed E-state index contributed by atoms with van der Waals surface area (Å²) in [6.45, 7) is 6.63. The Bertz CT molecular complexity index is 238.